The summed E-state index contributed by atoms with van der Waals surface area (Å²) < 4.78 is 6.31. The van der Waals surface area contributed by atoms with Gasteiger partial charge in [-0.3, -0.25) is 4.79 Å². The van der Waals surface area contributed by atoms with Crippen LogP contribution in [-0.2, 0) is 0 Å². The zero-order chi connectivity index (χ0) is 19.6. The molecule has 29 heavy (non-hydrogen) atoms. The van der Waals surface area contributed by atoms with E-state index < -0.39 is 0 Å². The number of benzene rings is 4. The van der Waals surface area contributed by atoms with E-state index in [-0.39, 0.29) is 5.78 Å². The number of hydrogen-bond acceptors (Lipinski definition) is 2. The molecule has 2 nitrogen and oxygen atoms in total. The molecule has 0 aliphatic heterocycles. The molecule has 5 rings (SSSR count). The van der Waals surface area contributed by atoms with Crippen LogP contribution in [0.5, 0.6) is 0 Å². The highest BCUT2D eigenvalue weighted by molar-refractivity contribution is 6.11. The van der Waals surface area contributed by atoms with Gasteiger partial charge in [0, 0.05) is 27.6 Å². The minimum atomic E-state index is -0.00794. The van der Waals surface area contributed by atoms with Gasteiger partial charge >= 0.3 is 0 Å². The van der Waals surface area contributed by atoms with Crippen molar-refractivity contribution in [2.75, 3.05) is 0 Å². The Labute approximate surface area is 169 Å². The first kappa shape index (κ1) is 17.2. The summed E-state index contributed by atoms with van der Waals surface area (Å²) in [7, 11) is 0. The van der Waals surface area contributed by atoms with Crippen LogP contribution < -0.4 is 0 Å². The van der Waals surface area contributed by atoms with Crippen molar-refractivity contribution in [3.8, 4) is 22.5 Å². The van der Waals surface area contributed by atoms with Crippen LogP contribution >= 0.6 is 0 Å². The second-order valence-electron chi connectivity index (χ2n) is 6.94. The molecule has 0 fully saturated rings. The van der Waals surface area contributed by atoms with Crippen molar-refractivity contribution in [1.82, 2.24) is 0 Å². The van der Waals surface area contributed by atoms with Gasteiger partial charge in [0.2, 0.25) is 0 Å². The van der Waals surface area contributed by atoms with Gasteiger partial charge in [-0.05, 0) is 17.7 Å². The minimum Gasteiger partial charge on any atom is -0.455 e. The van der Waals surface area contributed by atoms with Crippen LogP contribution in [0.15, 0.2) is 114 Å². The smallest absolute Gasteiger partial charge is 0.193 e. The summed E-state index contributed by atoms with van der Waals surface area (Å²) >= 11 is 0. The fraction of sp³-hybridized carbons (Fsp3) is 0. The van der Waals surface area contributed by atoms with E-state index >= 15 is 0 Å². The van der Waals surface area contributed by atoms with Gasteiger partial charge in [0.25, 0.3) is 0 Å². The van der Waals surface area contributed by atoms with Gasteiger partial charge in [0.05, 0.1) is 0 Å². The Bertz CT molecular complexity index is 1280. The summed E-state index contributed by atoms with van der Waals surface area (Å²) in [6.45, 7) is 0. The molecule has 0 bridgehead atoms. The summed E-state index contributed by atoms with van der Waals surface area (Å²) in [5, 5.41) is 1.000. The highest BCUT2D eigenvalue weighted by atomic mass is 16.3. The van der Waals surface area contributed by atoms with Crippen LogP contribution in [0.2, 0.25) is 0 Å². The number of ketones is 1. The molecule has 0 spiro atoms. The third-order valence-electron chi connectivity index (χ3n) is 5.09. The monoisotopic (exact) mass is 374 g/mol. The van der Waals surface area contributed by atoms with E-state index in [1.807, 2.05) is 97.1 Å². The number of rotatable bonds is 4. The highest BCUT2D eigenvalue weighted by Crippen LogP contribution is 2.41. The van der Waals surface area contributed by atoms with E-state index in [2.05, 4.69) is 12.1 Å². The molecule has 0 radical (unpaired) electrons. The standard InChI is InChI=1S/C27H18O2/c28-26(20-12-6-2-7-13-20)22-16-17-23-24(18-22)29-27(21-14-8-3-9-15-21)25(23)19-10-4-1-5-11-19/h1-18H. The van der Waals surface area contributed by atoms with Crippen molar-refractivity contribution in [3.63, 3.8) is 0 Å². The predicted octanol–water partition coefficient (Wildman–Crippen LogP) is 7.00. The molecule has 0 aliphatic carbocycles. The highest BCUT2D eigenvalue weighted by Gasteiger charge is 2.19. The van der Waals surface area contributed by atoms with Gasteiger partial charge < -0.3 is 4.42 Å². The summed E-state index contributed by atoms with van der Waals surface area (Å²) in [6.07, 6.45) is 0. The maximum absolute atomic E-state index is 12.9. The van der Waals surface area contributed by atoms with Gasteiger partial charge in [0.1, 0.15) is 11.3 Å². The molecule has 0 saturated carbocycles. The number of hydrogen-bond donors (Lipinski definition) is 0. The molecule has 5 aromatic rings. The zero-order valence-electron chi connectivity index (χ0n) is 15.7. The zero-order valence-corrected chi connectivity index (χ0v) is 15.7. The van der Waals surface area contributed by atoms with Crippen molar-refractivity contribution < 1.29 is 9.21 Å². The normalized spacial score (nSPS) is 10.9. The van der Waals surface area contributed by atoms with Gasteiger partial charge in [-0.15, -0.1) is 0 Å². The van der Waals surface area contributed by atoms with Gasteiger partial charge in [0.15, 0.2) is 5.78 Å². The van der Waals surface area contributed by atoms with Crippen LogP contribution in [0.4, 0.5) is 0 Å². The Kier molecular flexibility index (Phi) is 4.30. The second-order valence-corrected chi connectivity index (χ2v) is 6.94. The van der Waals surface area contributed by atoms with Crippen LogP contribution in [-0.4, -0.2) is 5.78 Å². The van der Waals surface area contributed by atoms with Crippen LogP contribution in [0.3, 0.4) is 0 Å². The molecule has 138 valence electrons. The summed E-state index contributed by atoms with van der Waals surface area (Å²) in [5.41, 5.74) is 5.15. The third kappa shape index (κ3) is 3.15. The first-order chi connectivity index (χ1) is 14.3. The van der Waals surface area contributed by atoms with E-state index in [1.165, 1.54) is 0 Å². The van der Waals surface area contributed by atoms with Crippen LogP contribution in [0, 0.1) is 0 Å². The Balaban J connectivity index is 1.71. The van der Waals surface area contributed by atoms with Crippen molar-refractivity contribution in [2.45, 2.75) is 0 Å². The maximum Gasteiger partial charge on any atom is 0.193 e. The SMILES string of the molecule is O=C(c1ccccc1)c1ccc2c(-c3ccccc3)c(-c3ccccc3)oc2c1. The number of fused-ring (bicyclic) bond motifs is 1. The molecule has 0 unspecified atom stereocenters. The molecule has 0 saturated heterocycles. The van der Waals surface area contributed by atoms with Gasteiger partial charge in [-0.1, -0.05) is 97.1 Å². The maximum atomic E-state index is 12.9. The first-order valence-electron chi connectivity index (χ1n) is 9.58. The van der Waals surface area contributed by atoms with E-state index in [0.717, 1.165) is 27.8 Å². The van der Waals surface area contributed by atoms with E-state index in [4.69, 9.17) is 4.42 Å². The lowest BCUT2D eigenvalue weighted by atomic mass is 9.97. The molecule has 2 heteroatoms. The quantitative estimate of drug-likeness (QED) is 0.317. The van der Waals surface area contributed by atoms with Crippen molar-refractivity contribution in [2.24, 2.45) is 0 Å². The first-order valence-corrected chi connectivity index (χ1v) is 9.58. The Morgan fingerprint density at radius 1 is 0.586 bits per heavy atom. The molecule has 1 aromatic heterocycles. The average molecular weight is 374 g/mol. The number of furan rings is 1. The molecular weight excluding hydrogens is 356 g/mol. The Morgan fingerprint density at radius 3 is 1.83 bits per heavy atom. The lowest BCUT2D eigenvalue weighted by Gasteiger charge is -2.04. The fourth-order valence-corrected chi connectivity index (χ4v) is 3.68. The average Bonchev–Trinajstić information content (AvgIpc) is 3.19. The fourth-order valence-electron chi connectivity index (χ4n) is 3.68. The van der Waals surface area contributed by atoms with Gasteiger partial charge in [-0.25, -0.2) is 0 Å². The molecule has 0 aliphatic rings. The lowest BCUT2D eigenvalue weighted by molar-refractivity contribution is 0.103. The molecule has 0 atom stereocenters. The van der Waals surface area contributed by atoms with Crippen LogP contribution in [0.25, 0.3) is 33.4 Å². The van der Waals surface area contributed by atoms with E-state index in [1.54, 1.807) is 0 Å². The topological polar surface area (TPSA) is 30.2 Å². The summed E-state index contributed by atoms with van der Waals surface area (Å²) in [5.74, 6) is 0.808. The predicted molar refractivity (Wildman–Crippen MR) is 117 cm³/mol. The van der Waals surface area contributed by atoms with E-state index in [9.17, 15) is 4.79 Å². The lowest BCUT2D eigenvalue weighted by Crippen LogP contribution is -2.00. The Morgan fingerprint density at radius 2 is 1.17 bits per heavy atom. The molecule has 0 amide bonds. The largest absolute Gasteiger partial charge is 0.455 e. The van der Waals surface area contributed by atoms with Crippen molar-refractivity contribution in [1.29, 1.82) is 0 Å². The summed E-state index contributed by atoms with van der Waals surface area (Å²) in [4.78, 5) is 12.9. The molecule has 4 aromatic carbocycles. The third-order valence-corrected chi connectivity index (χ3v) is 5.09. The minimum absolute atomic E-state index is 0.00794. The summed E-state index contributed by atoms with van der Waals surface area (Å²) in [6, 6.07) is 35.3. The van der Waals surface area contributed by atoms with Crippen LogP contribution in [0.1, 0.15) is 15.9 Å². The van der Waals surface area contributed by atoms with Gasteiger partial charge in [-0.2, -0.15) is 0 Å². The van der Waals surface area contributed by atoms with E-state index in [0.29, 0.717) is 16.7 Å². The van der Waals surface area contributed by atoms with Crippen molar-refractivity contribution in [3.05, 3.63) is 120 Å². The van der Waals surface area contributed by atoms with Crippen molar-refractivity contribution >= 4 is 16.8 Å². The number of carbonyl (C=O) groups is 1. The molecular formula is C27H18O2. The number of carbonyl (C=O) groups excluding carboxylic acids is 1. The molecule has 0 N–H and O–H groups in total. The Hall–Kier alpha value is -3.91. The molecule has 1 heterocycles. The second kappa shape index (κ2) is 7.25.